The fourth-order valence-corrected chi connectivity index (χ4v) is 4.10. The predicted octanol–water partition coefficient (Wildman–Crippen LogP) is 4.43. The molecule has 166 valence electrons. The molecule has 4 rings (SSSR count). The van der Waals surface area contributed by atoms with Gasteiger partial charge < -0.3 is 14.8 Å². The summed E-state index contributed by atoms with van der Waals surface area (Å²) in [6.07, 6.45) is 1.94. The summed E-state index contributed by atoms with van der Waals surface area (Å²) in [6.45, 7) is 3.36. The molecule has 0 saturated carbocycles. The molecule has 9 heteroatoms. The Bertz CT molecular complexity index is 1020. The highest BCUT2D eigenvalue weighted by molar-refractivity contribution is 5.93. The maximum absolute atomic E-state index is 13.2. The number of hydrogen-bond donors (Lipinski definition) is 2. The summed E-state index contributed by atoms with van der Waals surface area (Å²) in [7, 11) is 0. The number of amides is 1. The molecule has 0 spiro atoms. The summed E-state index contributed by atoms with van der Waals surface area (Å²) < 4.78 is 38.9. The first-order chi connectivity index (χ1) is 14.9. The third-order valence-corrected chi connectivity index (χ3v) is 5.81. The smallest absolute Gasteiger partial charge is 0.361 e. The van der Waals surface area contributed by atoms with Crippen LogP contribution < -0.4 is 0 Å². The maximum Gasteiger partial charge on any atom is 0.432 e. The first-order valence-electron chi connectivity index (χ1n) is 10.6. The van der Waals surface area contributed by atoms with Gasteiger partial charge in [-0.15, -0.1) is 0 Å². The molecule has 0 radical (unpaired) electrons. The largest absolute Gasteiger partial charge is 0.432 e. The Morgan fingerprint density at radius 3 is 2.61 bits per heavy atom. The second-order valence-electron chi connectivity index (χ2n) is 8.01. The van der Waals surface area contributed by atoms with E-state index in [0.717, 1.165) is 48.5 Å². The number of alkyl halides is 3. The fraction of sp³-hybridized carbons (Fsp3) is 0.455. The van der Waals surface area contributed by atoms with E-state index >= 15 is 0 Å². The second kappa shape index (κ2) is 9.13. The number of likely N-dealkylation sites (tertiary alicyclic amines) is 1. The molecular formula is C22H26F3N5O. The highest BCUT2D eigenvalue weighted by Gasteiger charge is 2.34. The number of fused-ring (bicyclic) bond motifs is 1. The number of H-pyrrole nitrogens is 2. The van der Waals surface area contributed by atoms with Crippen molar-refractivity contribution in [1.82, 2.24) is 25.0 Å². The minimum atomic E-state index is -4.57. The quantitative estimate of drug-likeness (QED) is 0.604. The Morgan fingerprint density at radius 1 is 1.13 bits per heavy atom. The van der Waals surface area contributed by atoms with E-state index in [9.17, 15) is 18.0 Å². The molecule has 1 aromatic carbocycles. The zero-order valence-corrected chi connectivity index (χ0v) is 17.2. The second-order valence-corrected chi connectivity index (χ2v) is 8.01. The van der Waals surface area contributed by atoms with Crippen LogP contribution in [0.3, 0.4) is 0 Å². The first-order valence-corrected chi connectivity index (χ1v) is 10.6. The topological polar surface area (TPSA) is 68.0 Å². The van der Waals surface area contributed by atoms with Crippen LogP contribution in [0, 0.1) is 0 Å². The average molecular weight is 433 g/mol. The minimum absolute atomic E-state index is 0.221. The van der Waals surface area contributed by atoms with Gasteiger partial charge in [0.1, 0.15) is 5.69 Å². The number of nitrogens with zero attached hydrogens (tertiary/aromatic N) is 3. The van der Waals surface area contributed by atoms with Gasteiger partial charge >= 0.3 is 6.18 Å². The number of halogens is 3. The Labute approximate surface area is 178 Å². The zero-order valence-electron chi connectivity index (χ0n) is 17.2. The van der Waals surface area contributed by atoms with Crippen LogP contribution in [0.2, 0.25) is 0 Å². The van der Waals surface area contributed by atoms with Gasteiger partial charge in [-0.1, -0.05) is 31.0 Å². The van der Waals surface area contributed by atoms with Crippen molar-refractivity contribution >= 4 is 16.8 Å². The molecule has 6 nitrogen and oxygen atoms in total. The Hall–Kier alpha value is -2.81. The maximum atomic E-state index is 13.2. The van der Waals surface area contributed by atoms with Crippen molar-refractivity contribution in [3.05, 3.63) is 53.5 Å². The monoisotopic (exact) mass is 433 g/mol. The van der Waals surface area contributed by atoms with E-state index in [-0.39, 0.29) is 5.69 Å². The molecule has 3 aromatic rings. The number of carbonyl (C=O) groups excluding carboxylic acids is 1. The zero-order chi connectivity index (χ0) is 21.8. The Balaban J connectivity index is 1.56. The van der Waals surface area contributed by atoms with Crippen LogP contribution in [0.5, 0.6) is 0 Å². The number of hydrogen-bond acceptors (Lipinski definition) is 3. The van der Waals surface area contributed by atoms with Gasteiger partial charge in [0, 0.05) is 31.9 Å². The van der Waals surface area contributed by atoms with Crippen LogP contribution >= 0.6 is 0 Å². The van der Waals surface area contributed by atoms with Crippen LogP contribution in [-0.4, -0.2) is 57.1 Å². The SMILES string of the molecule is O=C(c1cc(C(F)(F)F)[nH]n1)N(CCN1CCCCCC1)Cc1cccc2cc[nH]c12. The van der Waals surface area contributed by atoms with Crippen molar-refractivity contribution in [2.45, 2.75) is 38.4 Å². The number of para-hydroxylation sites is 1. The van der Waals surface area contributed by atoms with E-state index in [4.69, 9.17) is 0 Å². The number of nitrogens with one attached hydrogen (secondary N) is 2. The normalized spacial score (nSPS) is 15.8. The molecule has 31 heavy (non-hydrogen) atoms. The Morgan fingerprint density at radius 2 is 1.90 bits per heavy atom. The predicted molar refractivity (Wildman–Crippen MR) is 112 cm³/mol. The molecule has 1 aliphatic rings. The Kier molecular flexibility index (Phi) is 6.31. The molecule has 1 aliphatic heterocycles. The van der Waals surface area contributed by atoms with Gasteiger partial charge in [-0.25, -0.2) is 0 Å². The lowest BCUT2D eigenvalue weighted by Crippen LogP contribution is -2.39. The van der Waals surface area contributed by atoms with Gasteiger partial charge in [-0.2, -0.15) is 18.3 Å². The average Bonchev–Trinajstić information content (AvgIpc) is 3.36. The lowest BCUT2D eigenvalue weighted by Gasteiger charge is -2.27. The fourth-order valence-electron chi connectivity index (χ4n) is 4.10. The van der Waals surface area contributed by atoms with E-state index in [1.165, 1.54) is 12.8 Å². The third-order valence-electron chi connectivity index (χ3n) is 5.81. The molecule has 1 amide bonds. The van der Waals surface area contributed by atoms with Gasteiger partial charge in [0.25, 0.3) is 5.91 Å². The lowest BCUT2D eigenvalue weighted by atomic mass is 10.1. The minimum Gasteiger partial charge on any atom is -0.361 e. The summed E-state index contributed by atoms with van der Waals surface area (Å²) in [5.41, 5.74) is 0.600. The summed E-state index contributed by atoms with van der Waals surface area (Å²) >= 11 is 0. The number of rotatable bonds is 6. The van der Waals surface area contributed by atoms with E-state index in [0.29, 0.717) is 19.6 Å². The number of carbonyl (C=O) groups is 1. The van der Waals surface area contributed by atoms with Crippen molar-refractivity contribution in [2.75, 3.05) is 26.2 Å². The third kappa shape index (κ3) is 5.10. The van der Waals surface area contributed by atoms with E-state index in [1.54, 1.807) is 4.90 Å². The van der Waals surface area contributed by atoms with Crippen molar-refractivity contribution in [3.63, 3.8) is 0 Å². The van der Waals surface area contributed by atoms with Crippen LogP contribution in [0.4, 0.5) is 13.2 Å². The van der Waals surface area contributed by atoms with Gasteiger partial charge in [0.05, 0.1) is 5.52 Å². The summed E-state index contributed by atoms with van der Waals surface area (Å²) in [5, 5.41) is 6.62. The number of aromatic nitrogens is 3. The molecule has 0 bridgehead atoms. The van der Waals surface area contributed by atoms with Crippen LogP contribution in [-0.2, 0) is 12.7 Å². The van der Waals surface area contributed by atoms with E-state index < -0.39 is 17.8 Å². The molecule has 2 aromatic heterocycles. The highest BCUT2D eigenvalue weighted by Crippen LogP contribution is 2.28. The number of aromatic amines is 2. The molecule has 0 atom stereocenters. The van der Waals surface area contributed by atoms with Gasteiger partial charge in [0.2, 0.25) is 0 Å². The van der Waals surface area contributed by atoms with E-state index in [1.807, 2.05) is 35.6 Å². The van der Waals surface area contributed by atoms with Gasteiger partial charge in [0.15, 0.2) is 5.69 Å². The lowest BCUT2D eigenvalue weighted by molar-refractivity contribution is -0.141. The molecule has 1 saturated heterocycles. The first kappa shape index (κ1) is 21.4. The van der Waals surface area contributed by atoms with Crippen molar-refractivity contribution < 1.29 is 18.0 Å². The molecular weight excluding hydrogens is 407 g/mol. The molecule has 0 unspecified atom stereocenters. The van der Waals surface area contributed by atoms with Crippen molar-refractivity contribution in [3.8, 4) is 0 Å². The molecule has 1 fully saturated rings. The van der Waals surface area contributed by atoms with Crippen LogP contribution in [0.1, 0.15) is 47.4 Å². The van der Waals surface area contributed by atoms with Crippen LogP contribution in [0.25, 0.3) is 10.9 Å². The van der Waals surface area contributed by atoms with Crippen molar-refractivity contribution in [2.24, 2.45) is 0 Å². The van der Waals surface area contributed by atoms with Gasteiger partial charge in [-0.05, 0) is 42.9 Å². The standard InChI is InChI=1S/C22H26F3N5O/c23-22(24,25)19-14-18(27-28-19)21(31)30(13-12-29-10-3-1-2-4-11-29)15-17-7-5-6-16-8-9-26-20(16)17/h5-9,14,26H,1-4,10-13,15H2,(H,27,28). The summed E-state index contributed by atoms with van der Waals surface area (Å²) in [4.78, 5) is 20.3. The highest BCUT2D eigenvalue weighted by atomic mass is 19.4. The van der Waals surface area contributed by atoms with E-state index in [2.05, 4.69) is 15.0 Å². The molecule has 2 N–H and O–H groups in total. The van der Waals surface area contributed by atoms with Crippen molar-refractivity contribution in [1.29, 1.82) is 0 Å². The summed E-state index contributed by atoms with van der Waals surface area (Å²) in [6, 6.07) is 8.56. The number of benzene rings is 1. The summed E-state index contributed by atoms with van der Waals surface area (Å²) in [5.74, 6) is -0.509. The van der Waals surface area contributed by atoms with Crippen LogP contribution in [0.15, 0.2) is 36.5 Å². The van der Waals surface area contributed by atoms with Gasteiger partial charge in [-0.3, -0.25) is 9.89 Å². The molecule has 3 heterocycles. The molecule has 0 aliphatic carbocycles.